The van der Waals surface area contributed by atoms with Crippen molar-refractivity contribution < 1.29 is 23.5 Å². The third-order valence-electron chi connectivity index (χ3n) is 5.93. The second-order valence-corrected chi connectivity index (χ2v) is 7.85. The number of esters is 1. The molecule has 4 bridgehead atoms. The molecule has 0 atom stereocenters. The molecule has 4 fully saturated rings. The number of rotatable bonds is 6. The molecule has 0 aromatic carbocycles. The molecule has 7 heteroatoms. The molecule has 1 aromatic rings. The molecule has 0 aliphatic heterocycles. The molecule has 1 heterocycles. The minimum Gasteiger partial charge on any atom is -0.464 e. The maximum absolute atomic E-state index is 12.4. The summed E-state index contributed by atoms with van der Waals surface area (Å²) in [6.07, 6.45) is 8.52. The molecule has 1 amide bonds. The highest BCUT2D eigenvalue weighted by atomic mass is 16.5. The van der Waals surface area contributed by atoms with Gasteiger partial charge in [0.15, 0.2) is 17.8 Å². The van der Waals surface area contributed by atoms with E-state index in [1.807, 2.05) is 0 Å². The quantitative estimate of drug-likeness (QED) is 0.792. The predicted molar refractivity (Wildman–Crippen MR) is 86.5 cm³/mol. The highest BCUT2D eigenvalue weighted by molar-refractivity contribution is 5.88. The zero-order valence-corrected chi connectivity index (χ0v) is 14.5. The van der Waals surface area contributed by atoms with E-state index in [0.717, 1.165) is 37.0 Å². The van der Waals surface area contributed by atoms with E-state index in [1.165, 1.54) is 32.8 Å². The Kier molecular flexibility index (Phi) is 4.27. The van der Waals surface area contributed by atoms with Crippen LogP contribution in [0.3, 0.4) is 0 Å². The monoisotopic (exact) mass is 348 g/mol. The average Bonchev–Trinajstić information content (AvgIpc) is 3.00. The SMILES string of the molecule is COC(=O)c1ncoc1COCC(=O)NC12CC3CC(CC(C3)C1)C2. The fourth-order valence-electron chi connectivity index (χ4n) is 5.47. The summed E-state index contributed by atoms with van der Waals surface area (Å²) in [7, 11) is 1.28. The van der Waals surface area contributed by atoms with E-state index in [4.69, 9.17) is 9.15 Å². The lowest BCUT2D eigenvalue weighted by Gasteiger charge is -2.56. The van der Waals surface area contributed by atoms with E-state index < -0.39 is 5.97 Å². The molecule has 5 rings (SSSR count). The van der Waals surface area contributed by atoms with Crippen LogP contribution in [-0.4, -0.2) is 36.1 Å². The van der Waals surface area contributed by atoms with Crippen molar-refractivity contribution in [1.29, 1.82) is 0 Å². The minimum atomic E-state index is -0.578. The van der Waals surface area contributed by atoms with Crippen molar-refractivity contribution in [3.05, 3.63) is 17.8 Å². The van der Waals surface area contributed by atoms with E-state index in [2.05, 4.69) is 15.0 Å². The molecule has 4 saturated carbocycles. The van der Waals surface area contributed by atoms with Crippen LogP contribution in [0.5, 0.6) is 0 Å². The Hall–Kier alpha value is -1.89. The molecule has 25 heavy (non-hydrogen) atoms. The summed E-state index contributed by atoms with van der Waals surface area (Å²) in [6.45, 7) is -0.0399. The lowest BCUT2D eigenvalue weighted by Crippen LogP contribution is -2.60. The van der Waals surface area contributed by atoms with Crippen molar-refractivity contribution in [1.82, 2.24) is 10.3 Å². The van der Waals surface area contributed by atoms with Gasteiger partial charge in [-0.1, -0.05) is 0 Å². The predicted octanol–water partition coefficient (Wildman–Crippen LogP) is 2.06. The number of hydrogen-bond acceptors (Lipinski definition) is 6. The molecule has 136 valence electrons. The van der Waals surface area contributed by atoms with Gasteiger partial charge in [0.05, 0.1) is 7.11 Å². The smallest absolute Gasteiger partial charge is 0.360 e. The van der Waals surface area contributed by atoms with Gasteiger partial charge < -0.3 is 19.2 Å². The fraction of sp³-hybridized carbons (Fsp3) is 0.722. The van der Waals surface area contributed by atoms with Gasteiger partial charge in [-0.2, -0.15) is 0 Å². The number of methoxy groups -OCH3 is 1. The van der Waals surface area contributed by atoms with Crippen LogP contribution in [0.25, 0.3) is 0 Å². The fourth-order valence-corrected chi connectivity index (χ4v) is 5.47. The highest BCUT2D eigenvalue weighted by Crippen LogP contribution is 2.55. The Balaban J connectivity index is 1.29. The molecular weight excluding hydrogens is 324 g/mol. The maximum Gasteiger partial charge on any atom is 0.360 e. The number of oxazole rings is 1. The topological polar surface area (TPSA) is 90.7 Å². The Morgan fingerprint density at radius 2 is 1.88 bits per heavy atom. The molecule has 0 saturated heterocycles. The largest absolute Gasteiger partial charge is 0.464 e. The van der Waals surface area contributed by atoms with Crippen LogP contribution in [0.2, 0.25) is 0 Å². The van der Waals surface area contributed by atoms with Gasteiger partial charge in [0.25, 0.3) is 0 Å². The molecule has 1 N–H and O–H groups in total. The van der Waals surface area contributed by atoms with Crippen LogP contribution in [0, 0.1) is 17.8 Å². The van der Waals surface area contributed by atoms with E-state index >= 15 is 0 Å². The molecule has 7 nitrogen and oxygen atoms in total. The van der Waals surface area contributed by atoms with E-state index in [0.29, 0.717) is 0 Å². The molecular formula is C18H24N2O5. The number of nitrogens with one attached hydrogen (secondary N) is 1. The molecule has 4 aliphatic carbocycles. The number of ether oxygens (including phenoxy) is 2. The summed E-state index contributed by atoms with van der Waals surface area (Å²) in [5.41, 5.74) is 0.0718. The van der Waals surface area contributed by atoms with Gasteiger partial charge >= 0.3 is 5.97 Å². The Morgan fingerprint density at radius 3 is 2.48 bits per heavy atom. The number of amides is 1. The molecule has 1 aromatic heterocycles. The van der Waals surface area contributed by atoms with Gasteiger partial charge in [-0.25, -0.2) is 9.78 Å². The van der Waals surface area contributed by atoms with Gasteiger partial charge in [-0.05, 0) is 56.3 Å². The summed E-state index contributed by atoms with van der Waals surface area (Å²) in [6, 6.07) is 0. The first-order valence-corrected chi connectivity index (χ1v) is 8.96. The minimum absolute atomic E-state index is 0.0126. The Bertz CT molecular complexity index is 633. The van der Waals surface area contributed by atoms with Crippen molar-refractivity contribution in [2.45, 2.75) is 50.7 Å². The van der Waals surface area contributed by atoms with E-state index in [1.54, 1.807) is 0 Å². The van der Waals surface area contributed by atoms with Crippen molar-refractivity contribution >= 4 is 11.9 Å². The van der Waals surface area contributed by atoms with Crippen LogP contribution in [0.15, 0.2) is 10.8 Å². The first-order valence-electron chi connectivity index (χ1n) is 8.96. The number of nitrogens with zero attached hydrogens (tertiary/aromatic N) is 1. The van der Waals surface area contributed by atoms with Crippen LogP contribution in [0.1, 0.15) is 54.8 Å². The van der Waals surface area contributed by atoms with Crippen LogP contribution in [-0.2, 0) is 20.9 Å². The van der Waals surface area contributed by atoms with Crippen molar-refractivity contribution in [2.75, 3.05) is 13.7 Å². The zero-order chi connectivity index (χ0) is 17.4. The average molecular weight is 348 g/mol. The zero-order valence-electron chi connectivity index (χ0n) is 14.5. The Labute approximate surface area is 146 Å². The molecule has 0 unspecified atom stereocenters. The summed E-state index contributed by atoms with van der Waals surface area (Å²) >= 11 is 0. The first-order chi connectivity index (χ1) is 12.1. The second kappa shape index (κ2) is 6.44. The standard InChI is InChI=1S/C18H24N2O5/c1-23-17(22)16-14(25-10-19-16)8-24-9-15(21)20-18-5-11-2-12(6-18)4-13(3-11)7-18/h10-13H,2-9H2,1H3,(H,20,21). The normalized spacial score (nSPS) is 32.6. The van der Waals surface area contributed by atoms with Crippen LogP contribution in [0.4, 0.5) is 0 Å². The Morgan fingerprint density at radius 1 is 1.24 bits per heavy atom. The van der Waals surface area contributed by atoms with Crippen molar-refractivity contribution in [2.24, 2.45) is 17.8 Å². The van der Waals surface area contributed by atoms with Crippen LogP contribution < -0.4 is 5.32 Å². The second-order valence-electron chi connectivity index (χ2n) is 7.85. The summed E-state index contributed by atoms with van der Waals surface area (Å²) in [5, 5.41) is 3.25. The van der Waals surface area contributed by atoms with Gasteiger partial charge in [-0.3, -0.25) is 4.79 Å². The van der Waals surface area contributed by atoms with Crippen molar-refractivity contribution in [3.8, 4) is 0 Å². The van der Waals surface area contributed by atoms with E-state index in [-0.39, 0.29) is 36.1 Å². The summed E-state index contributed by atoms with van der Waals surface area (Å²) < 4.78 is 15.2. The van der Waals surface area contributed by atoms with Crippen molar-refractivity contribution in [3.63, 3.8) is 0 Å². The summed E-state index contributed by atoms with van der Waals surface area (Å²) in [4.78, 5) is 27.7. The van der Waals surface area contributed by atoms with Gasteiger partial charge in [0.1, 0.15) is 13.2 Å². The first kappa shape index (κ1) is 16.6. The number of hydrogen-bond donors (Lipinski definition) is 1. The maximum atomic E-state index is 12.4. The third-order valence-corrected chi connectivity index (χ3v) is 5.93. The third kappa shape index (κ3) is 3.29. The molecule has 0 radical (unpaired) electrons. The summed E-state index contributed by atoms with van der Waals surface area (Å²) in [5.74, 6) is 1.94. The molecule has 4 aliphatic rings. The number of aromatic nitrogens is 1. The number of carbonyl (C=O) groups is 2. The van der Waals surface area contributed by atoms with Gasteiger partial charge in [-0.15, -0.1) is 0 Å². The van der Waals surface area contributed by atoms with Gasteiger partial charge in [0.2, 0.25) is 5.91 Å². The lowest BCUT2D eigenvalue weighted by atomic mass is 9.53. The van der Waals surface area contributed by atoms with Gasteiger partial charge in [0, 0.05) is 5.54 Å². The van der Waals surface area contributed by atoms with E-state index in [9.17, 15) is 9.59 Å². The molecule has 0 spiro atoms. The van der Waals surface area contributed by atoms with Crippen LogP contribution >= 0.6 is 0 Å². The lowest BCUT2D eigenvalue weighted by molar-refractivity contribution is -0.132. The highest BCUT2D eigenvalue weighted by Gasteiger charge is 2.51. The number of carbonyl (C=O) groups excluding carboxylic acids is 2.